The highest BCUT2D eigenvalue weighted by Crippen LogP contribution is 2.26. The zero-order valence-electron chi connectivity index (χ0n) is 10.0. The molecule has 0 unspecified atom stereocenters. The van der Waals surface area contributed by atoms with Crippen LogP contribution >= 0.6 is 28.1 Å². The van der Waals surface area contributed by atoms with Crippen molar-refractivity contribution in [1.29, 1.82) is 0 Å². The number of thiocarbonyl (C=S) groups is 1. The van der Waals surface area contributed by atoms with E-state index in [1.807, 2.05) is 20.8 Å². The van der Waals surface area contributed by atoms with Crippen molar-refractivity contribution >= 4 is 44.7 Å². The van der Waals surface area contributed by atoms with Crippen molar-refractivity contribution < 1.29 is 4.79 Å². The van der Waals surface area contributed by atoms with Crippen LogP contribution in [0.3, 0.4) is 0 Å². The SMILES string of the molecule is CC(C)(C)C(=O)Nc1ccc(C(N)=S)cc1Br. The van der Waals surface area contributed by atoms with Crippen LogP contribution in [-0.4, -0.2) is 10.9 Å². The van der Waals surface area contributed by atoms with Crippen LogP contribution in [0, 0.1) is 5.41 Å². The minimum Gasteiger partial charge on any atom is -0.389 e. The lowest BCUT2D eigenvalue weighted by atomic mass is 9.95. The summed E-state index contributed by atoms with van der Waals surface area (Å²) in [5, 5.41) is 2.85. The molecule has 0 atom stereocenters. The standard InChI is InChI=1S/C12H15BrN2OS/c1-12(2,3)11(16)15-9-5-4-7(10(14)17)6-8(9)13/h4-6H,1-3H3,(H2,14,17)(H,15,16). The van der Waals surface area contributed by atoms with E-state index in [0.29, 0.717) is 10.7 Å². The maximum atomic E-state index is 11.8. The topological polar surface area (TPSA) is 55.1 Å². The van der Waals surface area contributed by atoms with E-state index >= 15 is 0 Å². The summed E-state index contributed by atoms with van der Waals surface area (Å²) < 4.78 is 0.764. The summed E-state index contributed by atoms with van der Waals surface area (Å²) in [6.45, 7) is 5.58. The van der Waals surface area contributed by atoms with E-state index in [1.165, 1.54) is 0 Å². The van der Waals surface area contributed by atoms with Gasteiger partial charge in [-0.1, -0.05) is 33.0 Å². The second-order valence-electron chi connectivity index (χ2n) is 4.76. The first kappa shape index (κ1) is 14.1. The highest BCUT2D eigenvalue weighted by atomic mass is 79.9. The number of benzene rings is 1. The molecule has 0 saturated heterocycles. The molecule has 0 radical (unpaired) electrons. The Hall–Kier alpha value is -0.940. The molecule has 0 bridgehead atoms. The highest BCUT2D eigenvalue weighted by Gasteiger charge is 2.21. The second kappa shape index (κ2) is 5.14. The molecule has 3 nitrogen and oxygen atoms in total. The quantitative estimate of drug-likeness (QED) is 0.825. The smallest absolute Gasteiger partial charge is 0.229 e. The molecule has 0 aliphatic heterocycles. The Morgan fingerprint density at radius 2 is 2.00 bits per heavy atom. The van der Waals surface area contributed by atoms with Gasteiger partial charge in [-0.05, 0) is 34.1 Å². The van der Waals surface area contributed by atoms with Gasteiger partial charge in [0, 0.05) is 15.5 Å². The van der Waals surface area contributed by atoms with E-state index < -0.39 is 5.41 Å². The second-order valence-corrected chi connectivity index (χ2v) is 6.06. The zero-order chi connectivity index (χ0) is 13.2. The third kappa shape index (κ3) is 3.78. The number of amides is 1. The van der Waals surface area contributed by atoms with Gasteiger partial charge in [-0.2, -0.15) is 0 Å². The summed E-state index contributed by atoms with van der Waals surface area (Å²) in [5.74, 6) is -0.0405. The van der Waals surface area contributed by atoms with Gasteiger partial charge in [-0.15, -0.1) is 0 Å². The number of carbonyl (C=O) groups is 1. The first-order chi connectivity index (χ1) is 7.71. The predicted molar refractivity (Wildman–Crippen MR) is 78.1 cm³/mol. The average Bonchev–Trinajstić information content (AvgIpc) is 2.19. The van der Waals surface area contributed by atoms with Gasteiger partial charge in [0.05, 0.1) is 5.69 Å². The molecule has 0 heterocycles. The van der Waals surface area contributed by atoms with Crippen LogP contribution in [0.2, 0.25) is 0 Å². The predicted octanol–water partition coefficient (Wildman–Crippen LogP) is 3.07. The van der Waals surface area contributed by atoms with Gasteiger partial charge in [0.1, 0.15) is 4.99 Å². The van der Waals surface area contributed by atoms with Crippen molar-refractivity contribution in [3.05, 3.63) is 28.2 Å². The Morgan fingerprint density at radius 1 is 1.41 bits per heavy atom. The summed E-state index contributed by atoms with van der Waals surface area (Å²) in [6.07, 6.45) is 0. The average molecular weight is 315 g/mol. The fraction of sp³-hybridized carbons (Fsp3) is 0.333. The van der Waals surface area contributed by atoms with Crippen molar-refractivity contribution in [1.82, 2.24) is 0 Å². The van der Waals surface area contributed by atoms with Crippen LogP contribution in [0.15, 0.2) is 22.7 Å². The van der Waals surface area contributed by atoms with Gasteiger partial charge >= 0.3 is 0 Å². The Morgan fingerprint density at radius 3 is 2.41 bits per heavy atom. The van der Waals surface area contributed by atoms with E-state index in [9.17, 15) is 4.79 Å². The lowest BCUT2D eigenvalue weighted by Crippen LogP contribution is -2.27. The van der Waals surface area contributed by atoms with Crippen LogP contribution in [0.1, 0.15) is 26.3 Å². The van der Waals surface area contributed by atoms with Gasteiger partial charge in [0.15, 0.2) is 0 Å². The number of halogens is 1. The van der Waals surface area contributed by atoms with Gasteiger partial charge in [-0.25, -0.2) is 0 Å². The molecule has 0 saturated carbocycles. The molecule has 3 N–H and O–H groups in total. The Kier molecular flexibility index (Phi) is 4.27. The number of hydrogen-bond donors (Lipinski definition) is 2. The summed E-state index contributed by atoms with van der Waals surface area (Å²) in [6, 6.07) is 5.36. The lowest BCUT2D eigenvalue weighted by Gasteiger charge is -2.18. The number of anilines is 1. The Balaban J connectivity index is 2.95. The molecule has 0 aromatic heterocycles. The maximum absolute atomic E-state index is 11.8. The van der Waals surface area contributed by atoms with E-state index in [4.69, 9.17) is 18.0 Å². The van der Waals surface area contributed by atoms with Crippen molar-refractivity contribution in [3.63, 3.8) is 0 Å². The van der Waals surface area contributed by atoms with Crippen molar-refractivity contribution in [3.8, 4) is 0 Å². The van der Waals surface area contributed by atoms with Crippen molar-refractivity contribution in [2.45, 2.75) is 20.8 Å². The monoisotopic (exact) mass is 314 g/mol. The highest BCUT2D eigenvalue weighted by molar-refractivity contribution is 9.10. The number of nitrogens with one attached hydrogen (secondary N) is 1. The van der Waals surface area contributed by atoms with Crippen molar-refractivity contribution in [2.24, 2.45) is 11.1 Å². The minimum absolute atomic E-state index is 0.0405. The molecule has 0 fully saturated rings. The van der Waals surface area contributed by atoms with Crippen LogP contribution < -0.4 is 11.1 Å². The summed E-state index contributed by atoms with van der Waals surface area (Å²) in [5.41, 5.74) is 6.57. The fourth-order valence-corrected chi connectivity index (χ4v) is 1.68. The molecule has 5 heteroatoms. The summed E-state index contributed by atoms with van der Waals surface area (Å²) in [7, 11) is 0. The molecule has 0 spiro atoms. The largest absolute Gasteiger partial charge is 0.389 e. The summed E-state index contributed by atoms with van der Waals surface area (Å²) >= 11 is 8.26. The summed E-state index contributed by atoms with van der Waals surface area (Å²) in [4.78, 5) is 12.2. The Labute approximate surface area is 115 Å². The van der Waals surface area contributed by atoms with Gasteiger partial charge in [-0.3, -0.25) is 4.79 Å². The first-order valence-electron chi connectivity index (χ1n) is 5.12. The lowest BCUT2D eigenvalue weighted by molar-refractivity contribution is -0.123. The molecule has 1 amide bonds. The van der Waals surface area contributed by atoms with Crippen LogP contribution in [0.25, 0.3) is 0 Å². The molecular weight excluding hydrogens is 300 g/mol. The van der Waals surface area contributed by atoms with E-state index in [0.717, 1.165) is 10.0 Å². The van der Waals surface area contributed by atoms with Gasteiger partial charge < -0.3 is 11.1 Å². The third-order valence-electron chi connectivity index (χ3n) is 2.18. The zero-order valence-corrected chi connectivity index (χ0v) is 12.4. The van der Waals surface area contributed by atoms with E-state index in [1.54, 1.807) is 18.2 Å². The molecule has 92 valence electrons. The first-order valence-corrected chi connectivity index (χ1v) is 6.33. The van der Waals surface area contributed by atoms with E-state index in [2.05, 4.69) is 21.2 Å². The Bertz CT molecular complexity index is 466. The van der Waals surface area contributed by atoms with Crippen LogP contribution in [0.5, 0.6) is 0 Å². The van der Waals surface area contributed by atoms with Crippen LogP contribution in [0.4, 0.5) is 5.69 Å². The number of carbonyl (C=O) groups excluding carboxylic acids is 1. The molecule has 0 aliphatic carbocycles. The van der Waals surface area contributed by atoms with E-state index in [-0.39, 0.29) is 5.91 Å². The molecular formula is C12H15BrN2OS. The fourth-order valence-electron chi connectivity index (χ4n) is 1.08. The van der Waals surface area contributed by atoms with Gasteiger partial charge in [0.25, 0.3) is 0 Å². The normalized spacial score (nSPS) is 11.1. The molecule has 0 aliphatic rings. The molecule has 1 aromatic rings. The maximum Gasteiger partial charge on any atom is 0.229 e. The third-order valence-corrected chi connectivity index (χ3v) is 3.07. The molecule has 1 aromatic carbocycles. The van der Waals surface area contributed by atoms with Crippen molar-refractivity contribution in [2.75, 3.05) is 5.32 Å². The molecule has 17 heavy (non-hydrogen) atoms. The van der Waals surface area contributed by atoms with Gasteiger partial charge in [0.2, 0.25) is 5.91 Å². The van der Waals surface area contributed by atoms with Crippen LogP contribution in [-0.2, 0) is 4.79 Å². The molecule has 1 rings (SSSR count). The number of rotatable bonds is 2. The number of hydrogen-bond acceptors (Lipinski definition) is 2. The number of nitrogens with two attached hydrogens (primary N) is 1. The minimum atomic E-state index is -0.429.